The number of ketones is 1. The summed E-state index contributed by atoms with van der Waals surface area (Å²) < 4.78 is 10.0. The van der Waals surface area contributed by atoms with Crippen LogP contribution in [-0.2, 0) is 4.79 Å². The number of hydrogen-bond donors (Lipinski definition) is 1. The summed E-state index contributed by atoms with van der Waals surface area (Å²) in [6, 6.07) is 4.73. The molecular formula is C12H15NO4. The van der Waals surface area contributed by atoms with Gasteiger partial charge in [-0.1, -0.05) is 0 Å². The zero-order chi connectivity index (χ0) is 12.8. The minimum absolute atomic E-state index is 0.192. The van der Waals surface area contributed by atoms with Gasteiger partial charge in [-0.2, -0.15) is 0 Å². The van der Waals surface area contributed by atoms with Crippen LogP contribution in [0, 0.1) is 0 Å². The molecule has 0 saturated heterocycles. The van der Waals surface area contributed by atoms with Crippen molar-refractivity contribution in [1.29, 1.82) is 0 Å². The lowest BCUT2D eigenvalue weighted by Gasteiger charge is -2.09. The molecule has 92 valence electrons. The molecule has 0 aliphatic carbocycles. The van der Waals surface area contributed by atoms with Gasteiger partial charge in [-0.05, 0) is 25.1 Å². The molecule has 1 amide bonds. The Morgan fingerprint density at radius 3 is 2.47 bits per heavy atom. The number of carbonyl (C=O) groups is 2. The Morgan fingerprint density at radius 2 is 1.94 bits per heavy atom. The molecule has 0 aliphatic heterocycles. The first kappa shape index (κ1) is 13.0. The molecule has 1 rings (SSSR count). The predicted octanol–water partition coefficient (Wildman–Crippen LogP) is 1.02. The normalized spacial score (nSPS) is 9.59. The van der Waals surface area contributed by atoms with Gasteiger partial charge in [0.15, 0.2) is 0 Å². The fourth-order valence-electron chi connectivity index (χ4n) is 1.35. The number of amides is 1. The highest BCUT2D eigenvalue weighted by Gasteiger charge is 2.20. The lowest BCUT2D eigenvalue weighted by atomic mass is 10.1. The van der Waals surface area contributed by atoms with E-state index in [-0.39, 0.29) is 5.56 Å². The Labute approximate surface area is 99.7 Å². The molecule has 0 aromatic heterocycles. The number of ether oxygens (including phenoxy) is 2. The van der Waals surface area contributed by atoms with Crippen LogP contribution in [0.4, 0.5) is 0 Å². The van der Waals surface area contributed by atoms with Crippen molar-refractivity contribution in [3.05, 3.63) is 23.8 Å². The number of rotatable bonds is 5. The molecule has 1 N–H and O–H groups in total. The third-order valence-electron chi connectivity index (χ3n) is 2.19. The number of methoxy groups -OCH3 is 2. The number of carbonyl (C=O) groups excluding carboxylic acids is 2. The SMILES string of the molecule is CCNC(=O)C(=O)c1cc(OC)ccc1OC. The molecule has 0 spiro atoms. The second-order valence-corrected chi connectivity index (χ2v) is 3.25. The number of nitrogens with one attached hydrogen (secondary N) is 1. The Kier molecular flexibility index (Phi) is 4.51. The van der Waals surface area contributed by atoms with Crippen LogP contribution in [0.2, 0.25) is 0 Å². The van der Waals surface area contributed by atoms with Crippen LogP contribution in [0.25, 0.3) is 0 Å². The van der Waals surface area contributed by atoms with Gasteiger partial charge < -0.3 is 14.8 Å². The molecule has 5 nitrogen and oxygen atoms in total. The van der Waals surface area contributed by atoms with E-state index in [4.69, 9.17) is 9.47 Å². The second-order valence-electron chi connectivity index (χ2n) is 3.25. The van der Waals surface area contributed by atoms with Crippen molar-refractivity contribution in [2.75, 3.05) is 20.8 Å². The van der Waals surface area contributed by atoms with Gasteiger partial charge >= 0.3 is 0 Å². The molecule has 0 bridgehead atoms. The molecule has 0 aliphatic rings. The molecule has 0 fully saturated rings. The van der Waals surface area contributed by atoms with Gasteiger partial charge in [0.05, 0.1) is 19.8 Å². The van der Waals surface area contributed by atoms with Crippen molar-refractivity contribution < 1.29 is 19.1 Å². The molecule has 0 atom stereocenters. The summed E-state index contributed by atoms with van der Waals surface area (Å²) in [5.74, 6) is -0.442. The molecule has 1 aromatic rings. The number of Topliss-reactive ketones (excluding diaryl/α,β-unsaturated/α-hetero) is 1. The molecule has 0 unspecified atom stereocenters. The third-order valence-corrected chi connectivity index (χ3v) is 2.19. The minimum atomic E-state index is -0.654. The van der Waals surface area contributed by atoms with Crippen molar-refractivity contribution in [3.63, 3.8) is 0 Å². The average Bonchev–Trinajstić information content (AvgIpc) is 2.37. The summed E-state index contributed by atoms with van der Waals surface area (Å²) in [5.41, 5.74) is 0.192. The third kappa shape index (κ3) is 2.96. The van der Waals surface area contributed by atoms with E-state index >= 15 is 0 Å². The molecule has 1 aromatic carbocycles. The van der Waals surface area contributed by atoms with E-state index < -0.39 is 11.7 Å². The van der Waals surface area contributed by atoms with Gasteiger partial charge in [-0.25, -0.2) is 0 Å². The van der Waals surface area contributed by atoms with Gasteiger partial charge in [-0.3, -0.25) is 9.59 Å². The molecule has 0 heterocycles. The van der Waals surface area contributed by atoms with Crippen LogP contribution in [0.15, 0.2) is 18.2 Å². The van der Waals surface area contributed by atoms with Crippen molar-refractivity contribution in [3.8, 4) is 11.5 Å². The quantitative estimate of drug-likeness (QED) is 0.613. The van der Waals surface area contributed by atoms with Crippen molar-refractivity contribution in [1.82, 2.24) is 5.32 Å². The summed E-state index contributed by atoms with van der Waals surface area (Å²) in [6.45, 7) is 2.14. The molecule has 0 radical (unpaired) electrons. The van der Waals surface area contributed by atoms with Crippen molar-refractivity contribution in [2.24, 2.45) is 0 Å². The van der Waals surface area contributed by atoms with Gasteiger partial charge in [-0.15, -0.1) is 0 Å². The van der Waals surface area contributed by atoms with Gasteiger partial charge in [0.25, 0.3) is 11.7 Å². The first-order valence-corrected chi connectivity index (χ1v) is 5.18. The number of likely N-dealkylation sites (N-methyl/N-ethyl adjacent to an activating group) is 1. The van der Waals surface area contributed by atoms with E-state index in [1.807, 2.05) is 0 Å². The summed E-state index contributed by atoms with van der Waals surface area (Å²) in [6.07, 6.45) is 0. The van der Waals surface area contributed by atoms with Crippen molar-refractivity contribution >= 4 is 11.7 Å². The van der Waals surface area contributed by atoms with Crippen LogP contribution in [0.1, 0.15) is 17.3 Å². The highest BCUT2D eigenvalue weighted by Crippen LogP contribution is 2.24. The van der Waals surface area contributed by atoms with E-state index in [0.717, 1.165) is 0 Å². The summed E-state index contributed by atoms with van der Waals surface area (Å²) >= 11 is 0. The Bertz CT molecular complexity index is 429. The second kappa shape index (κ2) is 5.89. The highest BCUT2D eigenvalue weighted by atomic mass is 16.5. The molecule has 0 saturated carbocycles. The highest BCUT2D eigenvalue weighted by molar-refractivity contribution is 6.43. The van der Waals surface area contributed by atoms with Crippen LogP contribution in [0.5, 0.6) is 11.5 Å². The summed E-state index contributed by atoms with van der Waals surface area (Å²) in [5, 5.41) is 2.45. The fourth-order valence-corrected chi connectivity index (χ4v) is 1.35. The maximum atomic E-state index is 11.8. The van der Waals surface area contributed by atoms with E-state index in [2.05, 4.69) is 5.32 Å². The number of benzene rings is 1. The Hall–Kier alpha value is -2.04. The standard InChI is InChI=1S/C12H15NO4/c1-4-13-12(15)11(14)9-7-8(16-2)5-6-10(9)17-3/h5-7H,4H2,1-3H3,(H,13,15). The molecule has 17 heavy (non-hydrogen) atoms. The lowest BCUT2D eigenvalue weighted by Crippen LogP contribution is -2.30. The van der Waals surface area contributed by atoms with Crippen molar-refractivity contribution in [2.45, 2.75) is 6.92 Å². The maximum Gasteiger partial charge on any atom is 0.292 e. The van der Waals surface area contributed by atoms with Crippen LogP contribution in [-0.4, -0.2) is 32.5 Å². The summed E-state index contributed by atoms with van der Waals surface area (Å²) in [7, 11) is 2.93. The first-order chi connectivity index (χ1) is 8.13. The Morgan fingerprint density at radius 1 is 1.24 bits per heavy atom. The average molecular weight is 237 g/mol. The monoisotopic (exact) mass is 237 g/mol. The molecular weight excluding hydrogens is 222 g/mol. The van der Waals surface area contributed by atoms with Crippen LogP contribution < -0.4 is 14.8 Å². The maximum absolute atomic E-state index is 11.8. The van der Waals surface area contributed by atoms with Crippen LogP contribution >= 0.6 is 0 Å². The van der Waals surface area contributed by atoms with Gasteiger partial charge in [0.2, 0.25) is 0 Å². The van der Waals surface area contributed by atoms with E-state index in [0.29, 0.717) is 18.0 Å². The smallest absolute Gasteiger partial charge is 0.292 e. The van der Waals surface area contributed by atoms with E-state index in [1.165, 1.54) is 20.3 Å². The first-order valence-electron chi connectivity index (χ1n) is 5.18. The molecule has 5 heteroatoms. The fraction of sp³-hybridized carbons (Fsp3) is 0.333. The summed E-state index contributed by atoms with van der Waals surface area (Å²) in [4.78, 5) is 23.3. The number of hydrogen-bond acceptors (Lipinski definition) is 4. The topological polar surface area (TPSA) is 64.6 Å². The lowest BCUT2D eigenvalue weighted by molar-refractivity contribution is -0.116. The minimum Gasteiger partial charge on any atom is -0.497 e. The van der Waals surface area contributed by atoms with Gasteiger partial charge in [0, 0.05) is 6.54 Å². The largest absolute Gasteiger partial charge is 0.497 e. The van der Waals surface area contributed by atoms with Gasteiger partial charge in [0.1, 0.15) is 11.5 Å². The van der Waals surface area contributed by atoms with E-state index in [1.54, 1.807) is 19.1 Å². The zero-order valence-corrected chi connectivity index (χ0v) is 10.1. The predicted molar refractivity (Wildman–Crippen MR) is 62.6 cm³/mol. The zero-order valence-electron chi connectivity index (χ0n) is 10.1. The van der Waals surface area contributed by atoms with Crippen LogP contribution in [0.3, 0.4) is 0 Å². The Balaban J connectivity index is 3.09. The van der Waals surface area contributed by atoms with E-state index in [9.17, 15) is 9.59 Å².